The van der Waals surface area contributed by atoms with Gasteiger partial charge < -0.3 is 21.3 Å². The molecule has 11 nitrogen and oxygen atoms in total. The van der Waals surface area contributed by atoms with E-state index in [1.54, 1.807) is 0 Å². The molecule has 178 valence electrons. The maximum Gasteiger partial charge on any atom is 0.352 e. The molecule has 2 aliphatic rings. The highest BCUT2D eigenvalue weighted by atomic mass is 32.2. The molecule has 34 heavy (non-hydrogen) atoms. The van der Waals surface area contributed by atoms with Crippen LogP contribution in [-0.2, 0) is 14.4 Å². The summed E-state index contributed by atoms with van der Waals surface area (Å²) < 4.78 is 0.715. The van der Waals surface area contributed by atoms with Crippen molar-refractivity contribution in [3.05, 3.63) is 51.7 Å². The molecule has 0 spiro atoms. The van der Waals surface area contributed by atoms with Gasteiger partial charge in [0.05, 0.1) is 5.56 Å². The van der Waals surface area contributed by atoms with Crippen LogP contribution in [0.2, 0.25) is 0 Å². The average Bonchev–Trinajstić information content (AvgIpc) is 3.24. The van der Waals surface area contributed by atoms with Gasteiger partial charge in [-0.3, -0.25) is 14.5 Å². The fraction of sp³-hybridized carbons (Fsp3) is 0.300. The van der Waals surface area contributed by atoms with Crippen molar-refractivity contribution in [2.24, 2.45) is 5.73 Å². The van der Waals surface area contributed by atoms with E-state index in [-0.39, 0.29) is 11.3 Å². The molecule has 0 radical (unpaired) electrons. The SMILES string of the molecule is Cc1nnc(SCC2=C(C(=O)O)N3C(=O)[C@@H](NC(=O)C(N)c4ccc(C(=O)O)cc4)[C@H]3SC2)s1. The Kier molecular flexibility index (Phi) is 6.93. The normalized spacial score (nSPS) is 20.4. The molecule has 2 amide bonds. The monoisotopic (exact) mass is 521 g/mol. The molecule has 3 atom stereocenters. The number of carboxylic acid groups (broad SMARTS) is 2. The van der Waals surface area contributed by atoms with E-state index in [9.17, 15) is 24.3 Å². The summed E-state index contributed by atoms with van der Waals surface area (Å²) in [5.41, 5.74) is 6.97. The number of carboxylic acids is 2. The predicted octanol–water partition coefficient (Wildman–Crippen LogP) is 1.08. The number of thioether (sulfide) groups is 2. The number of rotatable bonds is 8. The molecular formula is C20H19N5O6S3. The number of amides is 2. The van der Waals surface area contributed by atoms with Gasteiger partial charge in [0.15, 0.2) is 4.34 Å². The number of aryl methyl sites for hydroxylation is 1. The van der Waals surface area contributed by atoms with Crippen LogP contribution in [0.15, 0.2) is 39.9 Å². The van der Waals surface area contributed by atoms with Crippen LogP contribution in [0.4, 0.5) is 0 Å². The number of carbonyl (C=O) groups is 4. The number of aliphatic carboxylic acids is 1. The Morgan fingerprint density at radius 3 is 2.53 bits per heavy atom. The van der Waals surface area contributed by atoms with E-state index in [0.717, 1.165) is 5.01 Å². The minimum atomic E-state index is -1.21. The van der Waals surface area contributed by atoms with E-state index >= 15 is 0 Å². The fourth-order valence-corrected chi connectivity index (χ4v) is 6.81. The number of nitrogens with zero attached hydrogens (tertiary/aromatic N) is 3. The molecule has 1 fully saturated rings. The quantitative estimate of drug-likeness (QED) is 0.289. The van der Waals surface area contributed by atoms with Gasteiger partial charge in [-0.1, -0.05) is 35.2 Å². The second-order valence-corrected chi connectivity index (χ2v) is 10.9. The van der Waals surface area contributed by atoms with Crippen molar-refractivity contribution in [1.29, 1.82) is 0 Å². The summed E-state index contributed by atoms with van der Waals surface area (Å²) in [5.74, 6) is -2.70. The van der Waals surface area contributed by atoms with Crippen LogP contribution < -0.4 is 11.1 Å². The number of aromatic carboxylic acids is 1. The molecule has 1 unspecified atom stereocenters. The molecule has 0 aliphatic carbocycles. The van der Waals surface area contributed by atoms with Gasteiger partial charge >= 0.3 is 11.9 Å². The molecule has 1 aromatic heterocycles. The van der Waals surface area contributed by atoms with Crippen LogP contribution in [0.25, 0.3) is 0 Å². The largest absolute Gasteiger partial charge is 0.478 e. The third-order valence-electron chi connectivity index (χ3n) is 5.22. The van der Waals surface area contributed by atoms with Gasteiger partial charge in [0.2, 0.25) is 5.91 Å². The van der Waals surface area contributed by atoms with E-state index in [2.05, 4.69) is 15.5 Å². The number of hydrogen-bond donors (Lipinski definition) is 4. The zero-order valence-corrected chi connectivity index (χ0v) is 20.1. The number of hydrogen-bond acceptors (Lipinski definition) is 10. The number of benzene rings is 1. The van der Waals surface area contributed by atoms with Gasteiger partial charge in [0.1, 0.15) is 28.2 Å². The van der Waals surface area contributed by atoms with Crippen LogP contribution in [-0.4, -0.2) is 72.0 Å². The lowest BCUT2D eigenvalue weighted by atomic mass is 10.0. The van der Waals surface area contributed by atoms with Crippen LogP contribution in [0, 0.1) is 6.92 Å². The lowest BCUT2D eigenvalue weighted by Crippen LogP contribution is -2.71. The summed E-state index contributed by atoms with van der Waals surface area (Å²) in [5, 5.41) is 29.6. The molecule has 1 saturated heterocycles. The standard InChI is InChI=1S/C20H19N5O6S3/c1-8-23-24-20(34-8)33-7-11-6-32-17-13(16(27)25(17)14(11)19(30)31)22-15(26)12(21)9-2-4-10(5-3-9)18(28)29/h2-5,12-13,17H,6-7,21H2,1H3,(H,22,26)(H,28,29)(H,30,31)/t12?,13-,17-/m1/s1. The maximum absolute atomic E-state index is 12.8. The zero-order chi connectivity index (χ0) is 24.6. The van der Waals surface area contributed by atoms with Crippen LogP contribution in [0.1, 0.15) is 27.0 Å². The van der Waals surface area contributed by atoms with Crippen molar-refractivity contribution in [2.45, 2.75) is 28.7 Å². The first-order chi connectivity index (χ1) is 16.2. The molecule has 2 aliphatic heterocycles. The predicted molar refractivity (Wildman–Crippen MR) is 125 cm³/mol. The van der Waals surface area contributed by atoms with E-state index in [1.807, 2.05) is 6.92 Å². The Morgan fingerprint density at radius 1 is 1.24 bits per heavy atom. The van der Waals surface area contributed by atoms with Crippen molar-refractivity contribution < 1.29 is 29.4 Å². The highest BCUT2D eigenvalue weighted by molar-refractivity contribution is 8.01. The molecule has 4 rings (SSSR count). The first-order valence-electron chi connectivity index (χ1n) is 9.89. The number of carbonyl (C=O) groups excluding carboxylic acids is 2. The highest BCUT2D eigenvalue weighted by Crippen LogP contribution is 2.41. The Balaban J connectivity index is 1.43. The highest BCUT2D eigenvalue weighted by Gasteiger charge is 2.54. The summed E-state index contributed by atoms with van der Waals surface area (Å²) in [6, 6.07) is 3.53. The van der Waals surface area contributed by atoms with Crippen LogP contribution in [0.3, 0.4) is 0 Å². The third kappa shape index (κ3) is 4.66. The minimum Gasteiger partial charge on any atom is -0.478 e. The lowest BCUT2D eigenvalue weighted by Gasteiger charge is -2.49. The van der Waals surface area contributed by atoms with Gasteiger partial charge in [-0.25, -0.2) is 9.59 Å². The molecule has 3 heterocycles. The molecule has 5 N–H and O–H groups in total. The second-order valence-electron chi connectivity index (χ2n) is 7.43. The molecule has 0 bridgehead atoms. The molecular weight excluding hydrogens is 502 g/mol. The summed E-state index contributed by atoms with van der Waals surface area (Å²) in [6.45, 7) is 1.83. The number of nitrogens with two attached hydrogens (primary N) is 1. The van der Waals surface area contributed by atoms with Crippen LogP contribution >= 0.6 is 34.9 Å². The van der Waals surface area contributed by atoms with Gasteiger partial charge in [0, 0.05) is 11.5 Å². The van der Waals surface area contributed by atoms with Gasteiger partial charge in [-0.15, -0.1) is 22.0 Å². The fourth-order valence-electron chi connectivity index (χ4n) is 3.51. The van der Waals surface area contributed by atoms with Gasteiger partial charge in [-0.05, 0) is 30.2 Å². The average molecular weight is 522 g/mol. The summed E-state index contributed by atoms with van der Waals surface area (Å²) >= 11 is 4.14. The van der Waals surface area contributed by atoms with Crippen molar-refractivity contribution in [3.8, 4) is 0 Å². The smallest absolute Gasteiger partial charge is 0.352 e. The Labute approximate surface area is 205 Å². The first kappa shape index (κ1) is 24.2. The van der Waals surface area contributed by atoms with Crippen molar-refractivity contribution in [1.82, 2.24) is 20.4 Å². The van der Waals surface area contributed by atoms with E-state index < -0.39 is 41.2 Å². The Morgan fingerprint density at radius 2 is 1.94 bits per heavy atom. The summed E-state index contributed by atoms with van der Waals surface area (Å²) in [4.78, 5) is 49.6. The lowest BCUT2D eigenvalue weighted by molar-refractivity contribution is -0.150. The number of fused-ring (bicyclic) bond motifs is 1. The topological polar surface area (TPSA) is 176 Å². The Hall–Kier alpha value is -2.94. The molecule has 2 aromatic rings. The molecule has 0 saturated carbocycles. The number of nitrogens with one attached hydrogen (secondary N) is 1. The maximum atomic E-state index is 12.8. The van der Waals surface area contributed by atoms with Gasteiger partial charge in [-0.2, -0.15) is 0 Å². The summed E-state index contributed by atoms with van der Waals surface area (Å²) in [6.07, 6.45) is 0. The van der Waals surface area contributed by atoms with E-state index in [4.69, 9.17) is 10.8 Å². The minimum absolute atomic E-state index is 0.0583. The number of β-lactam (4-membered cyclic amide) rings is 1. The van der Waals surface area contributed by atoms with Crippen molar-refractivity contribution in [2.75, 3.05) is 11.5 Å². The summed E-state index contributed by atoms with van der Waals surface area (Å²) in [7, 11) is 0. The van der Waals surface area contributed by atoms with E-state index in [1.165, 1.54) is 64.0 Å². The van der Waals surface area contributed by atoms with E-state index in [0.29, 0.717) is 27.0 Å². The van der Waals surface area contributed by atoms with Gasteiger partial charge in [0.25, 0.3) is 5.91 Å². The van der Waals surface area contributed by atoms with Crippen molar-refractivity contribution in [3.63, 3.8) is 0 Å². The first-order valence-corrected chi connectivity index (χ1v) is 12.7. The second kappa shape index (κ2) is 9.74. The number of aromatic nitrogens is 2. The van der Waals surface area contributed by atoms with Crippen molar-refractivity contribution >= 4 is 58.6 Å². The molecule has 1 aromatic carbocycles. The Bertz CT molecular complexity index is 1200. The zero-order valence-electron chi connectivity index (χ0n) is 17.6. The third-order valence-corrected chi connectivity index (χ3v) is 8.62. The molecule has 14 heteroatoms. The van der Waals surface area contributed by atoms with Crippen LogP contribution in [0.5, 0.6) is 0 Å².